The van der Waals surface area contributed by atoms with Gasteiger partial charge in [0.15, 0.2) is 5.84 Å². The second kappa shape index (κ2) is 6.58. The van der Waals surface area contributed by atoms with Crippen molar-refractivity contribution < 1.29 is 10.0 Å². The number of amidine groups is 1. The molecule has 2 rings (SSSR count). The van der Waals surface area contributed by atoms with Gasteiger partial charge >= 0.3 is 0 Å². The fourth-order valence-electron chi connectivity index (χ4n) is 2.69. The van der Waals surface area contributed by atoms with Crippen LogP contribution in [0.4, 0.5) is 0 Å². The van der Waals surface area contributed by atoms with Crippen molar-refractivity contribution in [1.82, 2.24) is 9.80 Å². The smallest absolute Gasteiger partial charge is 0.237 e. The van der Waals surface area contributed by atoms with E-state index in [-0.39, 0.29) is 11.7 Å². The summed E-state index contributed by atoms with van der Waals surface area (Å²) in [5, 5.41) is 12.0. The van der Waals surface area contributed by atoms with E-state index < -0.39 is 5.92 Å². The zero-order valence-electron chi connectivity index (χ0n) is 12.4. The number of carbonyl (C=O) groups is 1. The fourth-order valence-corrected chi connectivity index (χ4v) is 2.69. The highest BCUT2D eigenvalue weighted by Crippen LogP contribution is 2.23. The molecule has 0 aliphatic carbocycles. The summed E-state index contributed by atoms with van der Waals surface area (Å²) in [6, 6.07) is 9.55. The lowest BCUT2D eigenvalue weighted by Gasteiger charge is -2.24. The van der Waals surface area contributed by atoms with Gasteiger partial charge in [0.2, 0.25) is 5.91 Å². The molecular formula is C15H22N4O2. The van der Waals surface area contributed by atoms with Crippen molar-refractivity contribution in [3.05, 3.63) is 35.9 Å². The minimum Gasteiger partial charge on any atom is -0.409 e. The molecule has 21 heavy (non-hydrogen) atoms. The van der Waals surface area contributed by atoms with E-state index in [4.69, 9.17) is 10.9 Å². The Morgan fingerprint density at radius 3 is 2.62 bits per heavy atom. The lowest BCUT2D eigenvalue weighted by molar-refractivity contribution is -0.130. The van der Waals surface area contributed by atoms with Crippen LogP contribution in [0.3, 0.4) is 0 Å². The Labute approximate surface area is 124 Å². The van der Waals surface area contributed by atoms with Crippen LogP contribution in [0.5, 0.6) is 0 Å². The third-order valence-corrected chi connectivity index (χ3v) is 4.00. The first-order valence-corrected chi connectivity index (χ1v) is 7.02. The monoisotopic (exact) mass is 290 g/mol. The van der Waals surface area contributed by atoms with Gasteiger partial charge in [0.05, 0.1) is 0 Å². The van der Waals surface area contributed by atoms with Crippen molar-refractivity contribution in [3.63, 3.8) is 0 Å². The van der Waals surface area contributed by atoms with Crippen LogP contribution in [0.25, 0.3) is 0 Å². The van der Waals surface area contributed by atoms with Gasteiger partial charge in [-0.2, -0.15) is 0 Å². The lowest BCUT2D eigenvalue weighted by atomic mass is 9.96. The molecule has 0 aromatic heterocycles. The number of likely N-dealkylation sites (N-methyl/N-ethyl adjacent to an activating group) is 1. The first kappa shape index (κ1) is 15.3. The van der Waals surface area contributed by atoms with Gasteiger partial charge in [0, 0.05) is 19.1 Å². The Hall–Kier alpha value is -2.08. The number of rotatable bonds is 4. The third kappa shape index (κ3) is 3.33. The molecule has 1 aromatic rings. The largest absolute Gasteiger partial charge is 0.409 e. The number of benzene rings is 1. The molecule has 1 heterocycles. The zero-order valence-corrected chi connectivity index (χ0v) is 12.4. The molecule has 0 radical (unpaired) electrons. The molecule has 0 bridgehead atoms. The van der Waals surface area contributed by atoms with Crippen LogP contribution in [-0.4, -0.2) is 60.0 Å². The number of hydrogen-bond acceptors (Lipinski definition) is 4. The Morgan fingerprint density at radius 2 is 2.10 bits per heavy atom. The molecule has 6 heteroatoms. The Bertz CT molecular complexity index is 516. The van der Waals surface area contributed by atoms with E-state index in [2.05, 4.69) is 10.1 Å². The van der Waals surface area contributed by atoms with E-state index >= 15 is 0 Å². The number of hydrogen-bond donors (Lipinski definition) is 2. The summed E-state index contributed by atoms with van der Waals surface area (Å²) in [5.41, 5.74) is 6.50. The molecule has 1 aliphatic heterocycles. The summed E-state index contributed by atoms with van der Waals surface area (Å²) < 4.78 is 0. The van der Waals surface area contributed by atoms with Crippen LogP contribution in [-0.2, 0) is 4.79 Å². The number of amides is 1. The summed E-state index contributed by atoms with van der Waals surface area (Å²) in [4.78, 5) is 16.7. The summed E-state index contributed by atoms with van der Waals surface area (Å²) in [7, 11) is 4.02. The highest BCUT2D eigenvalue weighted by molar-refractivity contribution is 6.07. The number of oxime groups is 1. The van der Waals surface area contributed by atoms with Crippen molar-refractivity contribution in [2.45, 2.75) is 18.4 Å². The van der Waals surface area contributed by atoms with Gasteiger partial charge in [0.25, 0.3) is 0 Å². The van der Waals surface area contributed by atoms with E-state index in [0.717, 1.165) is 12.0 Å². The normalized spacial score (nSPS) is 20.8. The molecule has 1 amide bonds. The maximum atomic E-state index is 12.7. The molecule has 114 valence electrons. The molecule has 1 aliphatic rings. The van der Waals surface area contributed by atoms with Crippen LogP contribution in [0.1, 0.15) is 17.9 Å². The minimum absolute atomic E-state index is 0.0699. The van der Waals surface area contributed by atoms with Gasteiger partial charge in [-0.05, 0) is 26.1 Å². The van der Waals surface area contributed by atoms with Gasteiger partial charge in [0.1, 0.15) is 5.92 Å². The van der Waals surface area contributed by atoms with Gasteiger partial charge in [-0.15, -0.1) is 0 Å². The van der Waals surface area contributed by atoms with Gasteiger partial charge in [-0.1, -0.05) is 35.5 Å². The molecule has 0 saturated carbocycles. The molecule has 1 saturated heterocycles. The van der Waals surface area contributed by atoms with Gasteiger partial charge < -0.3 is 20.7 Å². The number of likely N-dealkylation sites (tertiary alicyclic amines) is 1. The summed E-state index contributed by atoms with van der Waals surface area (Å²) in [6.45, 7) is 1.37. The third-order valence-electron chi connectivity index (χ3n) is 4.00. The van der Waals surface area contributed by atoms with Crippen LogP contribution in [0.15, 0.2) is 35.5 Å². The molecular weight excluding hydrogens is 268 g/mol. The van der Waals surface area contributed by atoms with Gasteiger partial charge in [-0.25, -0.2) is 0 Å². The van der Waals surface area contributed by atoms with Crippen molar-refractivity contribution in [2.75, 3.05) is 27.2 Å². The Kier molecular flexibility index (Phi) is 4.80. The number of carbonyl (C=O) groups excluding carboxylic acids is 1. The summed E-state index contributed by atoms with van der Waals surface area (Å²) >= 11 is 0. The second-order valence-corrected chi connectivity index (χ2v) is 5.56. The Morgan fingerprint density at radius 1 is 1.43 bits per heavy atom. The van der Waals surface area contributed by atoms with Crippen LogP contribution >= 0.6 is 0 Å². The number of nitrogens with zero attached hydrogens (tertiary/aromatic N) is 3. The minimum atomic E-state index is -0.725. The summed E-state index contributed by atoms with van der Waals surface area (Å²) in [5.74, 6) is -0.905. The SMILES string of the molecule is CN(C)C1CCN(C(=O)C(C(N)=NO)c2ccccc2)C1. The van der Waals surface area contributed by atoms with E-state index in [1.807, 2.05) is 44.4 Å². The topological polar surface area (TPSA) is 82.2 Å². The highest BCUT2D eigenvalue weighted by atomic mass is 16.4. The van der Waals surface area contributed by atoms with Crippen LogP contribution in [0, 0.1) is 0 Å². The van der Waals surface area contributed by atoms with Crippen molar-refractivity contribution in [3.8, 4) is 0 Å². The number of nitrogens with two attached hydrogens (primary N) is 1. The quantitative estimate of drug-likeness (QED) is 0.370. The molecule has 2 atom stereocenters. The first-order valence-electron chi connectivity index (χ1n) is 7.02. The highest BCUT2D eigenvalue weighted by Gasteiger charge is 2.34. The van der Waals surface area contributed by atoms with Crippen molar-refractivity contribution >= 4 is 11.7 Å². The Balaban J connectivity index is 2.21. The molecule has 0 spiro atoms. The van der Waals surface area contributed by atoms with Gasteiger partial charge in [-0.3, -0.25) is 4.79 Å². The van der Waals surface area contributed by atoms with Crippen molar-refractivity contribution in [2.24, 2.45) is 10.9 Å². The average Bonchev–Trinajstić information content (AvgIpc) is 2.98. The molecule has 6 nitrogen and oxygen atoms in total. The maximum absolute atomic E-state index is 12.7. The lowest BCUT2D eigenvalue weighted by Crippen LogP contribution is -2.41. The zero-order chi connectivity index (χ0) is 15.4. The van der Waals surface area contributed by atoms with E-state index in [0.29, 0.717) is 19.1 Å². The average molecular weight is 290 g/mol. The molecule has 1 aromatic carbocycles. The predicted molar refractivity (Wildman–Crippen MR) is 81.3 cm³/mol. The van der Waals surface area contributed by atoms with E-state index in [1.165, 1.54) is 0 Å². The predicted octanol–water partition coefficient (Wildman–Crippen LogP) is 0.679. The van der Waals surface area contributed by atoms with Crippen LogP contribution < -0.4 is 5.73 Å². The standard InChI is InChI=1S/C15H22N4O2/c1-18(2)12-8-9-19(10-12)15(20)13(14(16)17-21)11-6-4-3-5-7-11/h3-7,12-13,21H,8-10H2,1-2H3,(H2,16,17). The van der Waals surface area contributed by atoms with Crippen molar-refractivity contribution in [1.29, 1.82) is 0 Å². The van der Waals surface area contributed by atoms with Crippen LogP contribution in [0.2, 0.25) is 0 Å². The summed E-state index contributed by atoms with van der Waals surface area (Å²) in [6.07, 6.45) is 0.941. The maximum Gasteiger partial charge on any atom is 0.237 e. The van der Waals surface area contributed by atoms with E-state index in [1.54, 1.807) is 4.90 Å². The van der Waals surface area contributed by atoms with E-state index in [9.17, 15) is 4.79 Å². The molecule has 2 unspecified atom stereocenters. The molecule has 3 N–H and O–H groups in total. The molecule has 1 fully saturated rings. The fraction of sp³-hybridized carbons (Fsp3) is 0.467. The first-order chi connectivity index (χ1) is 10.0. The second-order valence-electron chi connectivity index (χ2n) is 5.56.